The molecule has 2 aromatic rings. The molecule has 0 spiro atoms. The molecular formula is C17H16O. The molecule has 0 aromatic heterocycles. The fourth-order valence-electron chi connectivity index (χ4n) is 2.69. The highest BCUT2D eigenvalue weighted by Gasteiger charge is 2.29. The van der Waals surface area contributed by atoms with Crippen molar-refractivity contribution >= 4 is 5.78 Å². The van der Waals surface area contributed by atoms with Crippen LogP contribution in [0, 0.1) is 12.8 Å². The Hall–Kier alpha value is -1.89. The largest absolute Gasteiger partial charge is 0.294 e. The minimum absolute atomic E-state index is 0.130. The standard InChI is InChI=1S/C17H16O/c1-12-6-8-13(9-7-12)10-15-11-14-4-2-3-5-16(14)17(15)18/h2-9,15H,10-11H2,1H3. The maximum absolute atomic E-state index is 12.3. The van der Waals surface area contributed by atoms with E-state index in [1.807, 2.05) is 18.2 Å². The number of hydrogen-bond acceptors (Lipinski definition) is 1. The molecule has 0 saturated heterocycles. The molecule has 0 radical (unpaired) electrons. The first-order valence-electron chi connectivity index (χ1n) is 6.42. The lowest BCUT2D eigenvalue weighted by molar-refractivity contribution is 0.0936. The second kappa shape index (κ2) is 4.41. The van der Waals surface area contributed by atoms with Crippen molar-refractivity contribution < 1.29 is 4.79 Å². The molecule has 3 rings (SSSR count). The van der Waals surface area contributed by atoms with Crippen LogP contribution in [0.1, 0.15) is 27.0 Å². The zero-order chi connectivity index (χ0) is 12.5. The zero-order valence-corrected chi connectivity index (χ0v) is 10.5. The molecule has 2 aromatic carbocycles. The van der Waals surface area contributed by atoms with Crippen molar-refractivity contribution in [2.75, 3.05) is 0 Å². The molecule has 1 unspecified atom stereocenters. The minimum atomic E-state index is 0.130. The minimum Gasteiger partial charge on any atom is -0.294 e. The molecule has 18 heavy (non-hydrogen) atoms. The number of Topliss-reactive ketones (excluding diaryl/α,β-unsaturated/α-hetero) is 1. The number of benzene rings is 2. The van der Waals surface area contributed by atoms with Crippen LogP contribution in [0.5, 0.6) is 0 Å². The van der Waals surface area contributed by atoms with Gasteiger partial charge in [-0.25, -0.2) is 0 Å². The number of carbonyl (C=O) groups excluding carboxylic acids is 1. The van der Waals surface area contributed by atoms with Gasteiger partial charge in [-0.2, -0.15) is 0 Å². The number of fused-ring (bicyclic) bond motifs is 1. The molecule has 1 aliphatic carbocycles. The fraction of sp³-hybridized carbons (Fsp3) is 0.235. The summed E-state index contributed by atoms with van der Waals surface area (Å²) in [6, 6.07) is 16.5. The van der Waals surface area contributed by atoms with Gasteiger partial charge in [-0.15, -0.1) is 0 Å². The topological polar surface area (TPSA) is 17.1 Å². The van der Waals surface area contributed by atoms with Crippen LogP contribution in [-0.4, -0.2) is 5.78 Å². The Balaban J connectivity index is 1.81. The van der Waals surface area contributed by atoms with E-state index in [1.54, 1.807) is 0 Å². The first-order chi connectivity index (χ1) is 8.74. The summed E-state index contributed by atoms with van der Waals surface area (Å²) < 4.78 is 0. The summed E-state index contributed by atoms with van der Waals surface area (Å²) in [6.07, 6.45) is 1.75. The van der Waals surface area contributed by atoms with Crippen molar-refractivity contribution in [3.8, 4) is 0 Å². The molecule has 1 heteroatoms. The summed E-state index contributed by atoms with van der Waals surface area (Å²) in [5, 5.41) is 0. The molecule has 0 bridgehead atoms. The van der Waals surface area contributed by atoms with Crippen LogP contribution >= 0.6 is 0 Å². The quantitative estimate of drug-likeness (QED) is 0.778. The highest BCUT2D eigenvalue weighted by atomic mass is 16.1. The lowest BCUT2D eigenvalue weighted by Crippen LogP contribution is -2.12. The first kappa shape index (κ1) is 11.2. The van der Waals surface area contributed by atoms with Gasteiger partial charge in [0.05, 0.1) is 0 Å². The third-order valence-corrected chi connectivity index (χ3v) is 3.72. The molecule has 0 heterocycles. The maximum Gasteiger partial charge on any atom is 0.166 e. The molecule has 0 N–H and O–H groups in total. The van der Waals surface area contributed by atoms with E-state index in [-0.39, 0.29) is 5.92 Å². The van der Waals surface area contributed by atoms with E-state index < -0.39 is 0 Å². The van der Waals surface area contributed by atoms with Gasteiger partial charge in [-0.05, 0) is 30.9 Å². The number of carbonyl (C=O) groups is 1. The Bertz CT molecular complexity index is 581. The van der Waals surface area contributed by atoms with Crippen molar-refractivity contribution in [3.63, 3.8) is 0 Å². The first-order valence-corrected chi connectivity index (χ1v) is 6.42. The van der Waals surface area contributed by atoms with Gasteiger partial charge >= 0.3 is 0 Å². The Morgan fingerprint density at radius 1 is 1.06 bits per heavy atom. The second-order valence-corrected chi connectivity index (χ2v) is 5.11. The van der Waals surface area contributed by atoms with E-state index in [0.29, 0.717) is 5.78 Å². The van der Waals surface area contributed by atoms with Crippen molar-refractivity contribution in [2.45, 2.75) is 19.8 Å². The molecular weight excluding hydrogens is 220 g/mol. The Kier molecular flexibility index (Phi) is 2.75. The van der Waals surface area contributed by atoms with Gasteiger partial charge in [-0.3, -0.25) is 4.79 Å². The Morgan fingerprint density at radius 3 is 2.50 bits per heavy atom. The Labute approximate surface area is 107 Å². The molecule has 0 fully saturated rings. The summed E-state index contributed by atoms with van der Waals surface area (Å²) in [4.78, 5) is 12.3. The lowest BCUT2D eigenvalue weighted by Gasteiger charge is -2.08. The van der Waals surface area contributed by atoms with Gasteiger partial charge in [-0.1, -0.05) is 54.1 Å². The van der Waals surface area contributed by atoms with Crippen LogP contribution in [0.4, 0.5) is 0 Å². The van der Waals surface area contributed by atoms with Crippen molar-refractivity contribution in [3.05, 3.63) is 70.8 Å². The molecule has 1 aliphatic rings. The van der Waals surface area contributed by atoms with E-state index in [4.69, 9.17) is 0 Å². The average molecular weight is 236 g/mol. The highest BCUT2D eigenvalue weighted by Crippen LogP contribution is 2.28. The third kappa shape index (κ3) is 1.97. The molecule has 0 saturated carbocycles. The zero-order valence-electron chi connectivity index (χ0n) is 10.5. The van der Waals surface area contributed by atoms with Crippen molar-refractivity contribution in [1.82, 2.24) is 0 Å². The van der Waals surface area contributed by atoms with Crippen LogP contribution < -0.4 is 0 Å². The van der Waals surface area contributed by atoms with Crippen LogP contribution in [0.15, 0.2) is 48.5 Å². The molecule has 90 valence electrons. The van der Waals surface area contributed by atoms with Crippen LogP contribution in [0.25, 0.3) is 0 Å². The number of rotatable bonds is 2. The molecule has 0 aliphatic heterocycles. The van der Waals surface area contributed by atoms with E-state index in [1.165, 1.54) is 16.7 Å². The lowest BCUT2D eigenvalue weighted by atomic mass is 9.95. The maximum atomic E-state index is 12.3. The van der Waals surface area contributed by atoms with Crippen molar-refractivity contribution in [2.24, 2.45) is 5.92 Å². The fourth-order valence-corrected chi connectivity index (χ4v) is 2.69. The predicted octanol–water partition coefficient (Wildman–Crippen LogP) is 3.59. The van der Waals surface area contributed by atoms with E-state index in [0.717, 1.165) is 18.4 Å². The van der Waals surface area contributed by atoms with Gasteiger partial charge in [0.1, 0.15) is 0 Å². The summed E-state index contributed by atoms with van der Waals surface area (Å²) in [6.45, 7) is 2.08. The Morgan fingerprint density at radius 2 is 1.78 bits per heavy atom. The van der Waals surface area contributed by atoms with Crippen LogP contribution in [0.2, 0.25) is 0 Å². The summed E-state index contributed by atoms with van der Waals surface area (Å²) in [5.74, 6) is 0.441. The van der Waals surface area contributed by atoms with E-state index >= 15 is 0 Å². The molecule has 1 atom stereocenters. The average Bonchev–Trinajstić information content (AvgIpc) is 2.70. The second-order valence-electron chi connectivity index (χ2n) is 5.11. The number of aryl methyl sites for hydroxylation is 1. The SMILES string of the molecule is Cc1ccc(CC2Cc3ccccc3C2=O)cc1. The van der Waals surface area contributed by atoms with Crippen LogP contribution in [-0.2, 0) is 12.8 Å². The van der Waals surface area contributed by atoms with Gasteiger partial charge < -0.3 is 0 Å². The number of hydrogen-bond donors (Lipinski definition) is 0. The predicted molar refractivity (Wildman–Crippen MR) is 72.8 cm³/mol. The van der Waals surface area contributed by atoms with Crippen LogP contribution in [0.3, 0.4) is 0 Å². The summed E-state index contributed by atoms with van der Waals surface area (Å²) >= 11 is 0. The number of ketones is 1. The summed E-state index contributed by atoms with van der Waals surface area (Å²) in [5.41, 5.74) is 4.65. The van der Waals surface area contributed by atoms with Gasteiger partial charge in [0, 0.05) is 11.5 Å². The smallest absolute Gasteiger partial charge is 0.166 e. The van der Waals surface area contributed by atoms with Gasteiger partial charge in [0.2, 0.25) is 0 Å². The van der Waals surface area contributed by atoms with E-state index in [2.05, 4.69) is 37.3 Å². The highest BCUT2D eigenvalue weighted by molar-refractivity contribution is 6.02. The normalized spacial score (nSPS) is 17.8. The summed E-state index contributed by atoms with van der Waals surface area (Å²) in [7, 11) is 0. The van der Waals surface area contributed by atoms with Gasteiger partial charge in [0.25, 0.3) is 0 Å². The molecule has 0 amide bonds. The molecule has 1 nitrogen and oxygen atoms in total. The van der Waals surface area contributed by atoms with Gasteiger partial charge in [0.15, 0.2) is 5.78 Å². The van der Waals surface area contributed by atoms with E-state index in [9.17, 15) is 4.79 Å². The van der Waals surface area contributed by atoms with Crippen molar-refractivity contribution in [1.29, 1.82) is 0 Å². The third-order valence-electron chi connectivity index (χ3n) is 3.72. The monoisotopic (exact) mass is 236 g/mol.